The molecule has 0 bridgehead atoms. The normalized spacial score (nSPS) is 19.8. The Hall–Kier alpha value is -1.86. The molecule has 1 aromatic carbocycles. The zero-order valence-electron chi connectivity index (χ0n) is 13.1. The Kier molecular flexibility index (Phi) is 4.68. The second kappa shape index (κ2) is 6.72. The van der Waals surface area contributed by atoms with Gasteiger partial charge in [-0.1, -0.05) is 6.07 Å². The molecular formula is C16H21FN2O4. The van der Waals surface area contributed by atoms with Gasteiger partial charge in [-0.05, 0) is 17.7 Å². The van der Waals surface area contributed by atoms with Crippen molar-refractivity contribution < 1.29 is 23.4 Å². The largest absolute Gasteiger partial charge is 0.453 e. The van der Waals surface area contributed by atoms with Crippen LogP contribution in [-0.2, 0) is 20.8 Å². The summed E-state index contributed by atoms with van der Waals surface area (Å²) in [6, 6.07) is 5.00. The average Bonchev–Trinajstić information content (AvgIpc) is 3.02. The number of nitrogens with zero attached hydrogens (tertiary/aromatic N) is 1. The molecular weight excluding hydrogens is 303 g/mol. The molecule has 0 aliphatic carbocycles. The van der Waals surface area contributed by atoms with E-state index >= 15 is 0 Å². The van der Waals surface area contributed by atoms with Gasteiger partial charge in [-0.3, -0.25) is 0 Å². The summed E-state index contributed by atoms with van der Waals surface area (Å²) in [6.45, 7) is 2.88. The Morgan fingerprint density at radius 3 is 2.65 bits per heavy atom. The minimum absolute atomic E-state index is 0.231. The monoisotopic (exact) mass is 324 g/mol. The Morgan fingerprint density at radius 1 is 1.35 bits per heavy atom. The highest BCUT2D eigenvalue weighted by atomic mass is 19.1. The maximum absolute atomic E-state index is 14.4. The Balaban J connectivity index is 1.61. The summed E-state index contributed by atoms with van der Waals surface area (Å²) in [5.74, 6) is -0.754. The molecule has 2 aliphatic rings. The molecule has 2 aliphatic heterocycles. The summed E-state index contributed by atoms with van der Waals surface area (Å²) in [6.07, 6.45) is 0.934. The van der Waals surface area contributed by atoms with E-state index in [1.54, 1.807) is 12.1 Å². The van der Waals surface area contributed by atoms with Crippen LogP contribution in [0.1, 0.15) is 18.4 Å². The number of piperidine rings is 1. The lowest BCUT2D eigenvalue weighted by Gasteiger charge is -2.38. The van der Waals surface area contributed by atoms with Crippen molar-refractivity contribution in [2.75, 3.05) is 38.3 Å². The number of anilines is 1. The zero-order valence-corrected chi connectivity index (χ0v) is 13.1. The van der Waals surface area contributed by atoms with Gasteiger partial charge in [0.15, 0.2) is 5.79 Å². The van der Waals surface area contributed by atoms with E-state index in [4.69, 9.17) is 9.47 Å². The molecule has 2 fully saturated rings. The Morgan fingerprint density at radius 2 is 2.04 bits per heavy atom. The number of amides is 1. The smallest absolute Gasteiger partial charge is 0.407 e. The lowest BCUT2D eigenvalue weighted by molar-refractivity contribution is -0.169. The number of methoxy groups -OCH3 is 1. The maximum atomic E-state index is 14.4. The summed E-state index contributed by atoms with van der Waals surface area (Å²) in [7, 11) is 1.29. The van der Waals surface area contributed by atoms with E-state index in [2.05, 4.69) is 10.1 Å². The van der Waals surface area contributed by atoms with Gasteiger partial charge >= 0.3 is 6.09 Å². The van der Waals surface area contributed by atoms with Crippen LogP contribution in [0.15, 0.2) is 18.2 Å². The fourth-order valence-electron chi connectivity index (χ4n) is 3.04. The topological polar surface area (TPSA) is 60.0 Å². The summed E-state index contributed by atoms with van der Waals surface area (Å²) in [5.41, 5.74) is 1.26. The third-order valence-electron chi connectivity index (χ3n) is 4.31. The summed E-state index contributed by atoms with van der Waals surface area (Å²) >= 11 is 0. The third-order valence-corrected chi connectivity index (χ3v) is 4.31. The van der Waals surface area contributed by atoms with Gasteiger partial charge in [-0.25, -0.2) is 9.18 Å². The van der Waals surface area contributed by atoms with Crippen molar-refractivity contribution in [2.24, 2.45) is 0 Å². The van der Waals surface area contributed by atoms with E-state index in [0.717, 1.165) is 12.8 Å². The molecule has 6 nitrogen and oxygen atoms in total. The number of alkyl carbamates (subject to hydrolysis) is 1. The summed E-state index contributed by atoms with van der Waals surface area (Å²) in [5, 5.41) is 2.53. The van der Waals surface area contributed by atoms with Crippen LogP contribution in [0.5, 0.6) is 0 Å². The van der Waals surface area contributed by atoms with E-state index in [-0.39, 0.29) is 12.4 Å². The van der Waals surface area contributed by atoms with Gasteiger partial charge in [0.05, 0.1) is 26.0 Å². The molecule has 2 heterocycles. The van der Waals surface area contributed by atoms with Crippen molar-refractivity contribution in [3.63, 3.8) is 0 Å². The highest BCUT2D eigenvalue weighted by Gasteiger charge is 2.40. The third kappa shape index (κ3) is 3.56. The second-order valence-electron chi connectivity index (χ2n) is 5.73. The van der Waals surface area contributed by atoms with Crippen molar-refractivity contribution in [1.29, 1.82) is 0 Å². The lowest BCUT2D eigenvalue weighted by Crippen LogP contribution is -2.45. The van der Waals surface area contributed by atoms with Gasteiger partial charge in [-0.15, -0.1) is 0 Å². The predicted octanol–water partition coefficient (Wildman–Crippen LogP) is 2.03. The molecule has 1 amide bonds. The number of hydrogen-bond donors (Lipinski definition) is 1. The fourth-order valence-corrected chi connectivity index (χ4v) is 3.04. The first kappa shape index (κ1) is 16.0. The van der Waals surface area contributed by atoms with Crippen molar-refractivity contribution in [3.05, 3.63) is 29.6 Å². The van der Waals surface area contributed by atoms with Crippen LogP contribution in [0.2, 0.25) is 0 Å². The van der Waals surface area contributed by atoms with Crippen LogP contribution in [0.3, 0.4) is 0 Å². The van der Waals surface area contributed by atoms with Crippen molar-refractivity contribution in [2.45, 2.75) is 25.2 Å². The van der Waals surface area contributed by atoms with E-state index < -0.39 is 11.9 Å². The lowest BCUT2D eigenvalue weighted by atomic mass is 10.0. The van der Waals surface area contributed by atoms with Crippen LogP contribution in [0.4, 0.5) is 14.9 Å². The van der Waals surface area contributed by atoms with E-state index in [1.165, 1.54) is 13.2 Å². The van der Waals surface area contributed by atoms with Crippen LogP contribution >= 0.6 is 0 Å². The zero-order chi connectivity index (χ0) is 16.3. The molecule has 7 heteroatoms. The molecule has 23 heavy (non-hydrogen) atoms. The number of hydrogen-bond acceptors (Lipinski definition) is 5. The maximum Gasteiger partial charge on any atom is 0.407 e. The van der Waals surface area contributed by atoms with Gasteiger partial charge in [0.2, 0.25) is 0 Å². The molecule has 0 unspecified atom stereocenters. The van der Waals surface area contributed by atoms with Crippen molar-refractivity contribution in [1.82, 2.24) is 5.32 Å². The number of carbonyl (C=O) groups is 1. The van der Waals surface area contributed by atoms with E-state index in [9.17, 15) is 9.18 Å². The molecule has 2 saturated heterocycles. The predicted molar refractivity (Wildman–Crippen MR) is 81.7 cm³/mol. The van der Waals surface area contributed by atoms with Gasteiger partial charge in [-0.2, -0.15) is 0 Å². The highest BCUT2D eigenvalue weighted by molar-refractivity contribution is 5.67. The number of benzene rings is 1. The summed E-state index contributed by atoms with van der Waals surface area (Å²) < 4.78 is 30.2. The molecule has 3 rings (SSSR count). The van der Waals surface area contributed by atoms with Gasteiger partial charge in [0.1, 0.15) is 5.82 Å². The fraction of sp³-hybridized carbons (Fsp3) is 0.562. The molecule has 1 N–H and O–H groups in total. The number of carbonyl (C=O) groups excluding carboxylic acids is 1. The van der Waals surface area contributed by atoms with Crippen LogP contribution in [-0.4, -0.2) is 45.3 Å². The first-order valence-corrected chi connectivity index (χ1v) is 7.75. The average molecular weight is 324 g/mol. The number of nitrogens with one attached hydrogen (secondary N) is 1. The standard InChI is InChI=1S/C16H21FN2O4/c1-21-15(20)18-11-12-2-3-14(13(17)10-12)19-6-4-16(5-7-19)22-8-9-23-16/h2-3,10H,4-9,11H2,1H3,(H,18,20). The van der Waals surface area contributed by atoms with Gasteiger partial charge in [0, 0.05) is 32.5 Å². The van der Waals surface area contributed by atoms with Gasteiger partial charge in [0.25, 0.3) is 0 Å². The number of halogens is 1. The molecule has 0 radical (unpaired) electrons. The van der Waals surface area contributed by atoms with Gasteiger partial charge < -0.3 is 24.4 Å². The van der Waals surface area contributed by atoms with Crippen LogP contribution in [0.25, 0.3) is 0 Å². The van der Waals surface area contributed by atoms with Crippen LogP contribution in [0, 0.1) is 5.82 Å². The molecule has 0 atom stereocenters. The number of rotatable bonds is 3. The van der Waals surface area contributed by atoms with Crippen molar-refractivity contribution >= 4 is 11.8 Å². The van der Waals surface area contributed by atoms with Crippen molar-refractivity contribution in [3.8, 4) is 0 Å². The van der Waals surface area contributed by atoms with E-state index in [1.807, 2.05) is 4.90 Å². The minimum atomic E-state index is -0.535. The van der Waals surface area contributed by atoms with E-state index in [0.29, 0.717) is 37.6 Å². The molecule has 1 spiro atoms. The quantitative estimate of drug-likeness (QED) is 0.922. The molecule has 126 valence electrons. The highest BCUT2D eigenvalue weighted by Crippen LogP contribution is 2.34. The Labute approximate surface area is 134 Å². The molecule has 1 aromatic rings. The molecule has 0 saturated carbocycles. The second-order valence-corrected chi connectivity index (χ2v) is 5.73. The number of ether oxygens (including phenoxy) is 3. The molecule has 0 aromatic heterocycles. The SMILES string of the molecule is COC(=O)NCc1ccc(N2CCC3(CC2)OCCO3)c(F)c1. The Bertz CT molecular complexity index is 565. The van der Waals surface area contributed by atoms with Crippen LogP contribution < -0.4 is 10.2 Å². The summed E-state index contributed by atoms with van der Waals surface area (Å²) in [4.78, 5) is 13.1. The minimum Gasteiger partial charge on any atom is -0.453 e. The first-order valence-electron chi connectivity index (χ1n) is 7.75. The first-order chi connectivity index (χ1) is 11.1.